The summed E-state index contributed by atoms with van der Waals surface area (Å²) in [4.78, 5) is 23.2. The summed E-state index contributed by atoms with van der Waals surface area (Å²) in [7, 11) is 0. The summed E-state index contributed by atoms with van der Waals surface area (Å²) in [6, 6.07) is 7.67. The number of anilines is 1. The lowest BCUT2D eigenvalue weighted by Gasteiger charge is -2.12. The topological polar surface area (TPSA) is 79.3 Å². The Morgan fingerprint density at radius 1 is 1.22 bits per heavy atom. The number of carbonyl (C=O) groups is 1. The zero-order valence-electron chi connectivity index (χ0n) is 14.5. The molecule has 6 nitrogen and oxygen atoms in total. The highest BCUT2D eigenvalue weighted by molar-refractivity contribution is 9.10. The minimum Gasteiger partial charge on any atom is -0.360 e. The highest BCUT2D eigenvalue weighted by atomic mass is 79.9. The first kappa shape index (κ1) is 18.1. The van der Waals surface area contributed by atoms with Crippen molar-refractivity contribution in [2.75, 3.05) is 11.9 Å². The van der Waals surface area contributed by atoms with E-state index in [1.807, 2.05) is 24.3 Å². The Hall–Kier alpha value is -2.32. The maximum Gasteiger partial charge on any atom is 0.259 e. The second kappa shape index (κ2) is 8.14. The first-order valence-electron chi connectivity index (χ1n) is 8.77. The number of hydrogen-bond donors (Lipinski definition) is 2. The van der Waals surface area contributed by atoms with Crippen LogP contribution in [-0.4, -0.2) is 28.6 Å². The highest BCUT2D eigenvalue weighted by Crippen LogP contribution is 2.37. The van der Waals surface area contributed by atoms with E-state index in [4.69, 9.17) is 0 Å². The van der Waals surface area contributed by atoms with Gasteiger partial charge in [0.1, 0.15) is 17.0 Å². The van der Waals surface area contributed by atoms with E-state index in [0.29, 0.717) is 0 Å². The largest absolute Gasteiger partial charge is 0.360 e. The molecule has 0 atom stereocenters. The van der Waals surface area contributed by atoms with E-state index in [0.717, 1.165) is 38.9 Å². The highest BCUT2D eigenvalue weighted by Gasteiger charge is 2.19. The maximum atomic E-state index is 12.1. The van der Waals surface area contributed by atoms with Gasteiger partial charge in [-0.3, -0.25) is 4.79 Å². The molecule has 0 saturated carbocycles. The summed E-state index contributed by atoms with van der Waals surface area (Å²) >= 11 is 5.13. The van der Waals surface area contributed by atoms with Gasteiger partial charge in [0.25, 0.3) is 5.91 Å². The molecule has 2 heterocycles. The van der Waals surface area contributed by atoms with Gasteiger partial charge in [-0.25, -0.2) is 15.4 Å². The van der Waals surface area contributed by atoms with Crippen molar-refractivity contribution in [1.29, 1.82) is 0 Å². The smallest absolute Gasteiger partial charge is 0.259 e. The van der Waals surface area contributed by atoms with Gasteiger partial charge >= 0.3 is 0 Å². The Morgan fingerprint density at radius 2 is 2.04 bits per heavy atom. The molecular weight excluding hydrogens is 426 g/mol. The van der Waals surface area contributed by atoms with Crippen molar-refractivity contribution >= 4 is 55.4 Å². The van der Waals surface area contributed by atoms with Crippen LogP contribution >= 0.6 is 27.3 Å². The third-order valence-electron chi connectivity index (χ3n) is 4.44. The van der Waals surface area contributed by atoms with Gasteiger partial charge in [0.2, 0.25) is 0 Å². The quantitative estimate of drug-likeness (QED) is 0.462. The Bertz CT molecular complexity index is 999. The normalized spacial score (nSPS) is 13.7. The zero-order chi connectivity index (χ0) is 18.6. The lowest BCUT2D eigenvalue weighted by atomic mass is 9.97. The van der Waals surface area contributed by atoms with Crippen molar-refractivity contribution in [3.8, 4) is 0 Å². The number of nitrogens with zero attached hydrogens (tertiary/aromatic N) is 3. The molecule has 4 rings (SSSR count). The first-order chi connectivity index (χ1) is 13.2. The number of halogens is 1. The van der Waals surface area contributed by atoms with Gasteiger partial charge < -0.3 is 5.32 Å². The molecule has 0 bridgehead atoms. The van der Waals surface area contributed by atoms with Crippen LogP contribution < -0.4 is 10.7 Å². The van der Waals surface area contributed by atoms with E-state index in [1.54, 1.807) is 23.9 Å². The van der Waals surface area contributed by atoms with Crippen LogP contribution in [0.15, 0.2) is 40.2 Å². The van der Waals surface area contributed by atoms with Gasteiger partial charge in [-0.15, -0.1) is 11.3 Å². The van der Waals surface area contributed by atoms with Crippen molar-refractivity contribution in [2.24, 2.45) is 5.10 Å². The van der Waals surface area contributed by atoms with Crippen LogP contribution in [0.1, 0.15) is 28.8 Å². The molecule has 8 heteroatoms. The van der Waals surface area contributed by atoms with Crippen LogP contribution in [0, 0.1) is 0 Å². The number of fused-ring (bicyclic) bond motifs is 3. The molecule has 1 aromatic carbocycles. The number of aryl methyl sites for hydroxylation is 2. The van der Waals surface area contributed by atoms with E-state index in [-0.39, 0.29) is 12.5 Å². The van der Waals surface area contributed by atoms with Gasteiger partial charge in [-0.2, -0.15) is 5.10 Å². The number of amides is 1. The number of rotatable bonds is 5. The van der Waals surface area contributed by atoms with E-state index < -0.39 is 0 Å². The average molecular weight is 444 g/mol. The fraction of sp³-hybridized carbons (Fsp3) is 0.263. The molecule has 138 valence electrons. The number of nitrogens with one attached hydrogen (secondary N) is 2. The van der Waals surface area contributed by atoms with Crippen LogP contribution in [0.2, 0.25) is 0 Å². The average Bonchev–Trinajstić information content (AvgIpc) is 3.07. The Kier molecular flexibility index (Phi) is 5.45. The molecule has 1 aliphatic carbocycles. The van der Waals surface area contributed by atoms with E-state index >= 15 is 0 Å². The van der Waals surface area contributed by atoms with Crippen molar-refractivity contribution in [3.63, 3.8) is 0 Å². The lowest BCUT2D eigenvalue weighted by Crippen LogP contribution is -2.26. The molecule has 1 aliphatic rings. The molecule has 3 aromatic rings. The van der Waals surface area contributed by atoms with Gasteiger partial charge in [-0.05, 0) is 48.9 Å². The van der Waals surface area contributed by atoms with Crippen molar-refractivity contribution in [1.82, 2.24) is 15.4 Å². The molecule has 2 N–H and O–H groups in total. The van der Waals surface area contributed by atoms with Gasteiger partial charge in [-0.1, -0.05) is 28.1 Å². The van der Waals surface area contributed by atoms with Crippen molar-refractivity contribution < 1.29 is 4.79 Å². The number of hydrogen-bond acceptors (Lipinski definition) is 6. The van der Waals surface area contributed by atoms with Gasteiger partial charge in [0.15, 0.2) is 0 Å². The Morgan fingerprint density at radius 3 is 2.89 bits per heavy atom. The molecule has 0 saturated heterocycles. The minimum atomic E-state index is -0.223. The summed E-state index contributed by atoms with van der Waals surface area (Å²) in [6.45, 7) is 0.106. The number of benzene rings is 1. The Balaban J connectivity index is 1.40. The fourth-order valence-corrected chi connectivity index (χ4v) is 4.65. The minimum absolute atomic E-state index is 0.106. The van der Waals surface area contributed by atoms with E-state index in [9.17, 15) is 4.79 Å². The van der Waals surface area contributed by atoms with Crippen LogP contribution in [-0.2, 0) is 17.6 Å². The SMILES string of the molecule is O=C(CNc1ncnc2sc3c(c12)CCCC3)NN=Cc1ccc(Br)cc1. The predicted octanol–water partition coefficient (Wildman–Crippen LogP) is 3.89. The molecule has 0 fully saturated rings. The van der Waals surface area contributed by atoms with Crippen molar-refractivity contribution in [2.45, 2.75) is 25.7 Å². The zero-order valence-corrected chi connectivity index (χ0v) is 16.9. The number of aromatic nitrogens is 2. The second-order valence-corrected chi connectivity index (χ2v) is 8.31. The van der Waals surface area contributed by atoms with E-state index in [1.165, 1.54) is 23.3 Å². The predicted molar refractivity (Wildman–Crippen MR) is 112 cm³/mol. The number of hydrazone groups is 1. The van der Waals surface area contributed by atoms with Gasteiger partial charge in [0.05, 0.1) is 18.1 Å². The number of thiophene rings is 1. The lowest BCUT2D eigenvalue weighted by molar-refractivity contribution is -0.119. The van der Waals surface area contributed by atoms with Crippen LogP contribution in [0.5, 0.6) is 0 Å². The maximum absolute atomic E-state index is 12.1. The first-order valence-corrected chi connectivity index (χ1v) is 10.4. The second-order valence-electron chi connectivity index (χ2n) is 6.31. The molecule has 0 unspecified atom stereocenters. The summed E-state index contributed by atoms with van der Waals surface area (Å²) in [5, 5.41) is 8.21. The summed E-state index contributed by atoms with van der Waals surface area (Å²) in [6.07, 6.45) is 7.76. The standard InChI is InChI=1S/C19H18BrN5OS/c20-13-7-5-12(6-8-13)9-24-25-16(26)10-21-18-17-14-3-1-2-4-15(14)27-19(17)23-11-22-18/h5-9,11H,1-4,10H2,(H,25,26)(H,21,22,23). The molecule has 1 amide bonds. The molecule has 27 heavy (non-hydrogen) atoms. The molecule has 2 aromatic heterocycles. The molecule has 0 spiro atoms. The fourth-order valence-electron chi connectivity index (χ4n) is 3.16. The van der Waals surface area contributed by atoms with Gasteiger partial charge in [0, 0.05) is 9.35 Å². The summed E-state index contributed by atoms with van der Waals surface area (Å²) < 4.78 is 1.000. The molecular formula is C19H18BrN5OS. The monoisotopic (exact) mass is 443 g/mol. The van der Waals surface area contributed by atoms with Crippen LogP contribution in [0.3, 0.4) is 0 Å². The van der Waals surface area contributed by atoms with Crippen LogP contribution in [0.4, 0.5) is 5.82 Å². The van der Waals surface area contributed by atoms with Crippen molar-refractivity contribution in [3.05, 3.63) is 51.1 Å². The number of carbonyl (C=O) groups excluding carboxylic acids is 1. The van der Waals surface area contributed by atoms with E-state index in [2.05, 4.69) is 41.7 Å². The third-order valence-corrected chi connectivity index (χ3v) is 6.17. The molecule has 0 aliphatic heterocycles. The molecule has 0 radical (unpaired) electrons. The third kappa shape index (κ3) is 4.17. The summed E-state index contributed by atoms with van der Waals surface area (Å²) in [5.74, 6) is 0.505. The Labute approximate surface area is 169 Å². The van der Waals surface area contributed by atoms with Crippen LogP contribution in [0.25, 0.3) is 10.2 Å². The summed E-state index contributed by atoms with van der Waals surface area (Å²) in [5.41, 5.74) is 4.79.